The van der Waals surface area contributed by atoms with Gasteiger partial charge in [0.1, 0.15) is 5.82 Å². The van der Waals surface area contributed by atoms with Gasteiger partial charge in [-0.15, -0.1) is 0 Å². The molecule has 0 saturated carbocycles. The minimum absolute atomic E-state index is 0.119. The van der Waals surface area contributed by atoms with Crippen LogP contribution in [0.5, 0.6) is 0 Å². The summed E-state index contributed by atoms with van der Waals surface area (Å²) in [7, 11) is 1.68. The molecule has 0 bridgehead atoms. The first kappa shape index (κ1) is 17.0. The lowest BCUT2D eigenvalue weighted by atomic mass is 10.1. The van der Waals surface area contributed by atoms with Crippen LogP contribution >= 0.6 is 0 Å². The van der Waals surface area contributed by atoms with Gasteiger partial charge in [0.2, 0.25) is 0 Å². The van der Waals surface area contributed by atoms with E-state index in [0.29, 0.717) is 18.7 Å². The molecule has 1 aromatic heterocycles. The Morgan fingerprint density at radius 3 is 2.74 bits per heavy atom. The van der Waals surface area contributed by atoms with E-state index in [-0.39, 0.29) is 5.91 Å². The second kappa shape index (κ2) is 8.90. The third-order valence-electron chi connectivity index (χ3n) is 3.56. The number of hydrogen-bond donors (Lipinski definition) is 2. The zero-order valence-electron chi connectivity index (χ0n) is 13.6. The van der Waals surface area contributed by atoms with Gasteiger partial charge < -0.3 is 15.4 Å². The molecule has 1 aromatic carbocycles. The molecule has 0 aliphatic carbocycles. The fourth-order valence-corrected chi connectivity index (χ4v) is 2.15. The average Bonchev–Trinajstić information content (AvgIpc) is 2.58. The standard InChI is InChI=1S/C18H23N3O2/c1-14-6-3-4-7-15(14)12-21-18(22)16-8-9-17(20-13-16)19-10-5-11-23-2/h3-4,6-9,13H,5,10-12H2,1-2H3,(H,19,20)(H,21,22). The number of nitrogens with one attached hydrogen (secondary N) is 2. The average molecular weight is 313 g/mol. The predicted octanol–water partition coefficient (Wildman–Crippen LogP) is 2.77. The highest BCUT2D eigenvalue weighted by molar-refractivity contribution is 5.94. The summed E-state index contributed by atoms with van der Waals surface area (Å²) in [5.74, 6) is 0.642. The zero-order chi connectivity index (χ0) is 16.5. The number of hydrogen-bond acceptors (Lipinski definition) is 4. The highest BCUT2D eigenvalue weighted by atomic mass is 16.5. The molecule has 1 amide bonds. The molecule has 0 spiro atoms. The molecule has 23 heavy (non-hydrogen) atoms. The third kappa shape index (κ3) is 5.38. The van der Waals surface area contributed by atoms with Crippen LogP contribution in [-0.4, -0.2) is 31.2 Å². The highest BCUT2D eigenvalue weighted by Gasteiger charge is 2.06. The van der Waals surface area contributed by atoms with Crippen LogP contribution in [-0.2, 0) is 11.3 Å². The van der Waals surface area contributed by atoms with Gasteiger partial charge >= 0.3 is 0 Å². The van der Waals surface area contributed by atoms with Crippen LogP contribution in [0.15, 0.2) is 42.6 Å². The molecule has 5 nitrogen and oxygen atoms in total. The molecular formula is C18H23N3O2. The molecule has 122 valence electrons. The Hall–Kier alpha value is -2.40. The van der Waals surface area contributed by atoms with Crippen LogP contribution in [0.1, 0.15) is 27.9 Å². The molecule has 0 radical (unpaired) electrons. The maximum Gasteiger partial charge on any atom is 0.253 e. The number of ether oxygens (including phenoxy) is 1. The summed E-state index contributed by atoms with van der Waals surface area (Å²) in [6.45, 7) is 4.06. The van der Waals surface area contributed by atoms with Gasteiger partial charge in [-0.1, -0.05) is 24.3 Å². The second-order valence-corrected chi connectivity index (χ2v) is 5.31. The molecule has 2 rings (SSSR count). The summed E-state index contributed by atoms with van der Waals surface area (Å²) in [4.78, 5) is 16.4. The fraction of sp³-hybridized carbons (Fsp3) is 0.333. The van der Waals surface area contributed by atoms with E-state index in [2.05, 4.69) is 15.6 Å². The first-order valence-corrected chi connectivity index (χ1v) is 7.72. The molecule has 0 aliphatic heterocycles. The molecule has 0 unspecified atom stereocenters. The molecule has 2 N–H and O–H groups in total. The fourth-order valence-electron chi connectivity index (χ4n) is 2.15. The topological polar surface area (TPSA) is 63.2 Å². The van der Waals surface area contributed by atoms with Gasteiger partial charge in [0.05, 0.1) is 5.56 Å². The van der Waals surface area contributed by atoms with Gasteiger partial charge in [-0.05, 0) is 36.6 Å². The van der Waals surface area contributed by atoms with E-state index in [1.807, 2.05) is 37.3 Å². The van der Waals surface area contributed by atoms with Crippen molar-refractivity contribution in [3.63, 3.8) is 0 Å². The number of amides is 1. The zero-order valence-corrected chi connectivity index (χ0v) is 13.6. The van der Waals surface area contributed by atoms with E-state index in [1.54, 1.807) is 19.4 Å². The van der Waals surface area contributed by atoms with Crippen LogP contribution in [0.4, 0.5) is 5.82 Å². The van der Waals surface area contributed by atoms with Crippen LogP contribution in [0.25, 0.3) is 0 Å². The Morgan fingerprint density at radius 2 is 2.04 bits per heavy atom. The first-order chi connectivity index (χ1) is 11.2. The predicted molar refractivity (Wildman–Crippen MR) is 91.6 cm³/mol. The normalized spacial score (nSPS) is 10.3. The number of aryl methyl sites for hydroxylation is 1. The van der Waals surface area contributed by atoms with Gasteiger partial charge in [-0.2, -0.15) is 0 Å². The molecule has 0 saturated heterocycles. The van der Waals surface area contributed by atoms with E-state index < -0.39 is 0 Å². The van der Waals surface area contributed by atoms with Gasteiger partial charge in [-0.3, -0.25) is 4.79 Å². The third-order valence-corrected chi connectivity index (χ3v) is 3.56. The summed E-state index contributed by atoms with van der Waals surface area (Å²) in [6, 6.07) is 11.6. The summed E-state index contributed by atoms with van der Waals surface area (Å²) in [6.07, 6.45) is 2.50. The van der Waals surface area contributed by atoms with Crippen molar-refractivity contribution in [2.24, 2.45) is 0 Å². The lowest BCUT2D eigenvalue weighted by molar-refractivity contribution is 0.0950. The van der Waals surface area contributed by atoms with Crippen molar-refractivity contribution in [2.45, 2.75) is 19.9 Å². The Kier molecular flexibility index (Phi) is 6.56. The monoisotopic (exact) mass is 313 g/mol. The Labute approximate surface area is 137 Å². The van der Waals surface area contributed by atoms with Gasteiger partial charge in [0.25, 0.3) is 5.91 Å². The summed E-state index contributed by atoms with van der Waals surface area (Å²) >= 11 is 0. The summed E-state index contributed by atoms with van der Waals surface area (Å²) in [5.41, 5.74) is 2.84. The van der Waals surface area contributed by atoms with Crippen molar-refractivity contribution in [3.05, 3.63) is 59.3 Å². The lowest BCUT2D eigenvalue weighted by Crippen LogP contribution is -2.23. The second-order valence-electron chi connectivity index (χ2n) is 5.31. The quantitative estimate of drug-likeness (QED) is 0.736. The van der Waals surface area contributed by atoms with Gasteiger partial charge in [-0.25, -0.2) is 4.98 Å². The number of rotatable bonds is 8. The SMILES string of the molecule is COCCCNc1ccc(C(=O)NCc2ccccc2C)cn1. The maximum absolute atomic E-state index is 12.2. The van der Waals surface area contributed by atoms with E-state index >= 15 is 0 Å². The first-order valence-electron chi connectivity index (χ1n) is 7.72. The Morgan fingerprint density at radius 1 is 1.22 bits per heavy atom. The highest BCUT2D eigenvalue weighted by Crippen LogP contribution is 2.08. The summed E-state index contributed by atoms with van der Waals surface area (Å²) in [5, 5.41) is 6.11. The van der Waals surface area contributed by atoms with Crippen molar-refractivity contribution in [2.75, 3.05) is 25.6 Å². The van der Waals surface area contributed by atoms with Crippen LogP contribution in [0.3, 0.4) is 0 Å². The molecule has 0 atom stereocenters. The molecule has 5 heteroatoms. The number of anilines is 1. The number of benzene rings is 1. The van der Waals surface area contributed by atoms with Gasteiger partial charge in [0.15, 0.2) is 0 Å². The smallest absolute Gasteiger partial charge is 0.253 e. The number of carbonyl (C=O) groups is 1. The maximum atomic E-state index is 12.2. The van der Waals surface area contributed by atoms with Crippen molar-refractivity contribution in [1.29, 1.82) is 0 Å². The minimum Gasteiger partial charge on any atom is -0.385 e. The Balaban J connectivity index is 1.84. The Bertz CT molecular complexity index is 626. The number of carbonyl (C=O) groups excluding carboxylic acids is 1. The van der Waals surface area contributed by atoms with Crippen LogP contribution in [0, 0.1) is 6.92 Å². The number of methoxy groups -OCH3 is 1. The van der Waals surface area contributed by atoms with Gasteiger partial charge in [0, 0.05) is 33.0 Å². The lowest BCUT2D eigenvalue weighted by Gasteiger charge is -2.09. The van der Waals surface area contributed by atoms with Crippen molar-refractivity contribution in [3.8, 4) is 0 Å². The minimum atomic E-state index is -0.119. The molecule has 0 fully saturated rings. The van der Waals surface area contributed by atoms with Crippen molar-refractivity contribution < 1.29 is 9.53 Å². The van der Waals surface area contributed by atoms with E-state index in [0.717, 1.165) is 24.3 Å². The van der Waals surface area contributed by atoms with E-state index in [9.17, 15) is 4.79 Å². The number of nitrogens with zero attached hydrogens (tertiary/aromatic N) is 1. The molecule has 2 aromatic rings. The molecule has 0 aliphatic rings. The summed E-state index contributed by atoms with van der Waals surface area (Å²) < 4.78 is 4.99. The van der Waals surface area contributed by atoms with Crippen molar-refractivity contribution >= 4 is 11.7 Å². The van der Waals surface area contributed by atoms with Crippen molar-refractivity contribution in [1.82, 2.24) is 10.3 Å². The molecule has 1 heterocycles. The largest absolute Gasteiger partial charge is 0.385 e. The van der Waals surface area contributed by atoms with Crippen LogP contribution in [0.2, 0.25) is 0 Å². The number of aromatic nitrogens is 1. The number of pyridine rings is 1. The van der Waals surface area contributed by atoms with E-state index in [1.165, 1.54) is 5.56 Å². The molecular weight excluding hydrogens is 290 g/mol. The van der Waals surface area contributed by atoms with E-state index in [4.69, 9.17) is 4.74 Å². The van der Waals surface area contributed by atoms with Crippen LogP contribution < -0.4 is 10.6 Å².